The van der Waals surface area contributed by atoms with Gasteiger partial charge in [-0.15, -0.1) is 0 Å². The van der Waals surface area contributed by atoms with Crippen LogP contribution >= 0.6 is 0 Å². The van der Waals surface area contributed by atoms with Crippen molar-refractivity contribution in [2.24, 2.45) is 5.92 Å². The van der Waals surface area contributed by atoms with Gasteiger partial charge in [0.1, 0.15) is 6.61 Å². The number of benzene rings is 2. The smallest absolute Gasteiger partial charge is 0.445 e. The normalized spacial score (nSPS) is 17.3. The minimum atomic E-state index is -0.556. The van der Waals surface area contributed by atoms with Crippen LogP contribution in [0.25, 0.3) is 6.08 Å². The molecule has 1 aliphatic rings. The van der Waals surface area contributed by atoms with E-state index in [2.05, 4.69) is 43.4 Å². The van der Waals surface area contributed by atoms with Crippen LogP contribution in [0.2, 0.25) is 0 Å². The molecule has 1 heterocycles. The summed E-state index contributed by atoms with van der Waals surface area (Å²) in [6.45, 7) is 13.0. The first-order valence-corrected chi connectivity index (χ1v) is 11.7. The predicted octanol–water partition coefficient (Wildman–Crippen LogP) is 5.83. The number of carbonyl (C=O) groups is 1. The van der Waals surface area contributed by atoms with Gasteiger partial charge in [0, 0.05) is 6.54 Å². The second kappa shape index (κ2) is 10.6. The number of carbonyl (C=O) groups excluding carboxylic acids is 1. The van der Waals surface area contributed by atoms with Gasteiger partial charge in [0.2, 0.25) is 0 Å². The van der Waals surface area contributed by atoms with E-state index in [9.17, 15) is 4.79 Å². The molecule has 1 aliphatic heterocycles. The van der Waals surface area contributed by atoms with Crippen molar-refractivity contribution in [2.45, 2.75) is 65.8 Å². The summed E-state index contributed by atoms with van der Waals surface area (Å²) in [6, 6.07) is 18.1. The molecule has 5 nitrogen and oxygen atoms in total. The standard InChI is InChI=1S/C27H36BNO4/c1-20(2)16-21-12-14-22(15-13-21)17-24(28-32-26(3,4)27(5,6)33-28)18-29-25(30)31-19-23-10-8-7-9-11-23/h7-15,17,20H,16,18-19H2,1-6H3,(H,29,30). The van der Waals surface area contributed by atoms with E-state index in [1.165, 1.54) is 5.56 Å². The van der Waals surface area contributed by atoms with Crippen molar-refractivity contribution >= 4 is 19.3 Å². The lowest BCUT2D eigenvalue weighted by Gasteiger charge is -2.32. The Morgan fingerprint density at radius 2 is 1.58 bits per heavy atom. The SMILES string of the molecule is CC(C)Cc1ccc(C=C(CNC(=O)OCc2ccccc2)B2OC(C)(C)C(C)(C)O2)cc1. The lowest BCUT2D eigenvalue weighted by atomic mass is 9.77. The van der Waals surface area contributed by atoms with E-state index in [1.807, 2.05) is 64.1 Å². The van der Waals surface area contributed by atoms with Crippen LogP contribution in [0, 0.1) is 5.92 Å². The van der Waals surface area contributed by atoms with E-state index < -0.39 is 24.4 Å². The molecule has 0 atom stereocenters. The van der Waals surface area contributed by atoms with Gasteiger partial charge in [0.25, 0.3) is 0 Å². The zero-order valence-corrected chi connectivity index (χ0v) is 20.7. The molecule has 6 heteroatoms. The third kappa shape index (κ3) is 6.96. The zero-order chi connectivity index (χ0) is 24.1. The van der Waals surface area contributed by atoms with Gasteiger partial charge in [-0.05, 0) is 62.2 Å². The van der Waals surface area contributed by atoms with Gasteiger partial charge in [-0.1, -0.05) is 74.5 Å². The number of rotatable bonds is 8. The van der Waals surface area contributed by atoms with Gasteiger partial charge in [0.05, 0.1) is 11.2 Å². The molecule has 1 fully saturated rings. The van der Waals surface area contributed by atoms with Crippen LogP contribution in [0.5, 0.6) is 0 Å². The molecular weight excluding hydrogens is 413 g/mol. The number of ether oxygens (including phenoxy) is 1. The van der Waals surface area contributed by atoms with Crippen molar-refractivity contribution in [3.63, 3.8) is 0 Å². The average Bonchev–Trinajstić information content (AvgIpc) is 2.98. The van der Waals surface area contributed by atoms with Crippen molar-refractivity contribution in [2.75, 3.05) is 6.54 Å². The molecule has 0 aromatic heterocycles. The summed E-state index contributed by atoms with van der Waals surface area (Å²) in [5.41, 5.74) is 3.18. The fourth-order valence-corrected chi connectivity index (χ4v) is 3.58. The van der Waals surface area contributed by atoms with Gasteiger partial charge in [-0.2, -0.15) is 0 Å². The summed E-state index contributed by atoms with van der Waals surface area (Å²) >= 11 is 0. The third-order valence-corrected chi connectivity index (χ3v) is 6.18. The Balaban J connectivity index is 1.71. The first kappa shape index (κ1) is 25.1. The summed E-state index contributed by atoms with van der Waals surface area (Å²) in [5, 5.41) is 2.85. The first-order chi connectivity index (χ1) is 15.6. The fourth-order valence-electron chi connectivity index (χ4n) is 3.58. The molecule has 0 aliphatic carbocycles. The van der Waals surface area contributed by atoms with Gasteiger partial charge in [0.15, 0.2) is 0 Å². The van der Waals surface area contributed by atoms with Crippen LogP contribution < -0.4 is 5.32 Å². The number of hydrogen-bond acceptors (Lipinski definition) is 4. The number of amides is 1. The summed E-state index contributed by atoms with van der Waals surface area (Å²) in [7, 11) is -0.556. The molecule has 1 amide bonds. The fraction of sp³-hybridized carbons (Fsp3) is 0.444. The Hall–Kier alpha value is -2.57. The van der Waals surface area contributed by atoms with Crippen LogP contribution in [-0.2, 0) is 27.1 Å². The average molecular weight is 449 g/mol. The summed E-state index contributed by atoms with van der Waals surface area (Å²) in [4.78, 5) is 12.3. The van der Waals surface area contributed by atoms with E-state index in [1.54, 1.807) is 0 Å². The van der Waals surface area contributed by atoms with Crippen molar-refractivity contribution in [3.8, 4) is 0 Å². The van der Waals surface area contributed by atoms with Crippen LogP contribution in [0.1, 0.15) is 58.2 Å². The molecule has 3 rings (SSSR count). The highest BCUT2D eigenvalue weighted by atomic mass is 16.7. The Labute approximate surface area is 198 Å². The van der Waals surface area contributed by atoms with E-state index in [0.29, 0.717) is 5.92 Å². The van der Waals surface area contributed by atoms with E-state index in [-0.39, 0.29) is 13.2 Å². The molecule has 0 saturated carbocycles. The van der Waals surface area contributed by atoms with E-state index >= 15 is 0 Å². The maximum Gasteiger partial charge on any atom is 0.492 e. The van der Waals surface area contributed by atoms with Crippen LogP contribution in [-0.4, -0.2) is 31.0 Å². The van der Waals surface area contributed by atoms with E-state index in [4.69, 9.17) is 14.0 Å². The zero-order valence-electron chi connectivity index (χ0n) is 20.7. The lowest BCUT2D eigenvalue weighted by molar-refractivity contribution is 0.00578. The highest BCUT2D eigenvalue weighted by Crippen LogP contribution is 2.38. The van der Waals surface area contributed by atoms with Gasteiger partial charge < -0.3 is 19.4 Å². The lowest BCUT2D eigenvalue weighted by Crippen LogP contribution is -2.41. The summed E-state index contributed by atoms with van der Waals surface area (Å²) in [5.74, 6) is 0.609. The molecule has 1 N–H and O–H groups in total. The summed E-state index contributed by atoms with van der Waals surface area (Å²) in [6.07, 6.45) is 2.59. The van der Waals surface area contributed by atoms with Crippen molar-refractivity contribution in [1.82, 2.24) is 5.32 Å². The van der Waals surface area contributed by atoms with E-state index in [0.717, 1.165) is 23.0 Å². The number of alkyl carbamates (subject to hydrolysis) is 1. The molecule has 176 valence electrons. The summed E-state index contributed by atoms with van der Waals surface area (Å²) < 4.78 is 17.9. The van der Waals surface area contributed by atoms with Gasteiger partial charge in [-0.3, -0.25) is 0 Å². The second-order valence-electron chi connectivity index (χ2n) is 10.1. The topological polar surface area (TPSA) is 56.8 Å². The minimum Gasteiger partial charge on any atom is -0.445 e. The Morgan fingerprint density at radius 3 is 2.15 bits per heavy atom. The molecule has 0 radical (unpaired) electrons. The van der Waals surface area contributed by atoms with Gasteiger partial charge in [-0.25, -0.2) is 4.79 Å². The monoisotopic (exact) mass is 449 g/mol. The van der Waals surface area contributed by atoms with Crippen LogP contribution in [0.3, 0.4) is 0 Å². The largest absolute Gasteiger partial charge is 0.492 e. The predicted molar refractivity (Wildman–Crippen MR) is 134 cm³/mol. The maximum atomic E-state index is 12.3. The molecule has 2 aromatic rings. The number of hydrogen-bond donors (Lipinski definition) is 1. The molecule has 0 spiro atoms. The van der Waals surface area contributed by atoms with Gasteiger partial charge >= 0.3 is 13.2 Å². The highest BCUT2D eigenvalue weighted by molar-refractivity contribution is 6.56. The molecule has 33 heavy (non-hydrogen) atoms. The van der Waals surface area contributed by atoms with Crippen molar-refractivity contribution in [1.29, 1.82) is 0 Å². The maximum absolute atomic E-state index is 12.3. The van der Waals surface area contributed by atoms with Crippen LogP contribution in [0.4, 0.5) is 4.79 Å². The van der Waals surface area contributed by atoms with Crippen LogP contribution in [0.15, 0.2) is 60.1 Å². The Bertz CT molecular complexity index is 936. The first-order valence-electron chi connectivity index (χ1n) is 11.7. The molecule has 2 aromatic carbocycles. The molecule has 0 unspecified atom stereocenters. The number of nitrogens with one attached hydrogen (secondary N) is 1. The Kier molecular flexibility index (Phi) is 8.03. The van der Waals surface area contributed by atoms with Crippen molar-refractivity contribution in [3.05, 3.63) is 76.8 Å². The minimum absolute atomic E-state index is 0.222. The van der Waals surface area contributed by atoms with Crippen molar-refractivity contribution < 1.29 is 18.8 Å². The second-order valence-corrected chi connectivity index (χ2v) is 10.1. The quantitative estimate of drug-likeness (QED) is 0.516. The molecule has 0 bridgehead atoms. The third-order valence-electron chi connectivity index (χ3n) is 6.18. The molecule has 1 saturated heterocycles. The molecular formula is C27H36BNO4. The Morgan fingerprint density at radius 1 is 0.970 bits per heavy atom. The highest BCUT2D eigenvalue weighted by Gasteiger charge is 2.52.